The number of aliphatic hydroxyl groups excluding tert-OH is 1. The number of aliphatic hydroxyl groups is 1. The van der Waals surface area contributed by atoms with E-state index in [4.69, 9.17) is 15.2 Å². The van der Waals surface area contributed by atoms with E-state index in [9.17, 15) is 5.11 Å². The number of aliphatic imine (C=N–C) groups is 1. The highest BCUT2D eigenvalue weighted by atomic mass is 16.5. The minimum Gasteiger partial charge on any atom is -0.493 e. The molecule has 0 saturated carbocycles. The number of hydrogen-bond acceptors (Lipinski definition) is 4. The summed E-state index contributed by atoms with van der Waals surface area (Å²) in [6.07, 6.45) is 1.04. The van der Waals surface area contributed by atoms with E-state index in [-0.39, 0.29) is 12.0 Å². The van der Waals surface area contributed by atoms with Crippen molar-refractivity contribution in [3.05, 3.63) is 59.7 Å². The summed E-state index contributed by atoms with van der Waals surface area (Å²) in [6.45, 7) is 2.99. The Bertz CT molecular complexity index is 748. The summed E-state index contributed by atoms with van der Waals surface area (Å²) in [6, 6.07) is 16.0. The van der Waals surface area contributed by atoms with E-state index >= 15 is 0 Å². The second-order valence-corrected chi connectivity index (χ2v) is 6.78. The SMILES string of the molecule is COc1ccc(CCNC(N)=NCC(CC(C)O)c2ccccc2)cc1OC. The Morgan fingerprint density at radius 3 is 2.46 bits per heavy atom. The number of benzene rings is 2. The molecule has 4 N–H and O–H groups in total. The standard InChI is InChI=1S/C22H31N3O3/c1-16(26)13-19(18-7-5-4-6-8-18)15-25-22(23)24-12-11-17-9-10-20(27-2)21(14-17)28-3/h4-10,14,16,19,26H,11-13,15H2,1-3H3,(H3,23,24,25). The number of nitrogens with one attached hydrogen (secondary N) is 1. The van der Waals surface area contributed by atoms with Crippen LogP contribution in [-0.2, 0) is 6.42 Å². The van der Waals surface area contributed by atoms with Crippen molar-refractivity contribution in [2.45, 2.75) is 31.8 Å². The fraction of sp³-hybridized carbons (Fsp3) is 0.409. The van der Waals surface area contributed by atoms with Gasteiger partial charge in [0.25, 0.3) is 0 Å². The molecule has 0 aromatic heterocycles. The van der Waals surface area contributed by atoms with Gasteiger partial charge in [0.1, 0.15) is 0 Å². The van der Waals surface area contributed by atoms with E-state index in [2.05, 4.69) is 22.4 Å². The average Bonchev–Trinajstić information content (AvgIpc) is 2.71. The molecule has 2 rings (SSSR count). The summed E-state index contributed by atoms with van der Waals surface area (Å²) in [5.41, 5.74) is 8.31. The molecular formula is C22H31N3O3. The molecule has 152 valence electrons. The van der Waals surface area contributed by atoms with Crippen molar-refractivity contribution in [1.29, 1.82) is 0 Å². The molecule has 0 saturated heterocycles. The van der Waals surface area contributed by atoms with Gasteiger partial charge in [0.05, 0.1) is 20.3 Å². The van der Waals surface area contributed by atoms with Gasteiger partial charge < -0.3 is 25.6 Å². The molecule has 6 heteroatoms. The Labute approximate surface area is 167 Å². The van der Waals surface area contributed by atoms with Crippen LogP contribution < -0.4 is 20.5 Å². The molecule has 0 radical (unpaired) electrons. The van der Waals surface area contributed by atoms with Crippen molar-refractivity contribution < 1.29 is 14.6 Å². The van der Waals surface area contributed by atoms with Gasteiger partial charge in [0, 0.05) is 19.0 Å². The molecule has 2 atom stereocenters. The third kappa shape index (κ3) is 6.78. The second kappa shape index (κ2) is 11.2. The zero-order valence-electron chi connectivity index (χ0n) is 16.9. The van der Waals surface area contributed by atoms with E-state index in [1.807, 2.05) is 36.4 Å². The van der Waals surface area contributed by atoms with Gasteiger partial charge in [-0.1, -0.05) is 36.4 Å². The quantitative estimate of drug-likeness (QED) is 0.432. The molecule has 0 amide bonds. The first-order valence-electron chi connectivity index (χ1n) is 9.51. The molecule has 2 unspecified atom stereocenters. The van der Waals surface area contributed by atoms with E-state index in [0.29, 0.717) is 37.0 Å². The van der Waals surface area contributed by atoms with Gasteiger partial charge in [-0.05, 0) is 43.0 Å². The molecule has 0 aliphatic carbocycles. The van der Waals surface area contributed by atoms with Crippen LogP contribution in [0.25, 0.3) is 0 Å². The summed E-state index contributed by atoms with van der Waals surface area (Å²) in [4.78, 5) is 4.47. The van der Waals surface area contributed by atoms with Crippen molar-refractivity contribution >= 4 is 5.96 Å². The first-order valence-corrected chi connectivity index (χ1v) is 9.51. The van der Waals surface area contributed by atoms with Crippen LogP contribution in [0.1, 0.15) is 30.4 Å². The molecule has 0 heterocycles. The predicted molar refractivity (Wildman–Crippen MR) is 113 cm³/mol. The normalized spacial score (nSPS) is 13.6. The van der Waals surface area contributed by atoms with Crippen LogP contribution >= 0.6 is 0 Å². The maximum Gasteiger partial charge on any atom is 0.188 e. The van der Waals surface area contributed by atoms with Crippen molar-refractivity contribution in [2.24, 2.45) is 10.7 Å². The highest BCUT2D eigenvalue weighted by Crippen LogP contribution is 2.27. The summed E-state index contributed by atoms with van der Waals surface area (Å²) in [5.74, 6) is 1.97. The van der Waals surface area contributed by atoms with Crippen molar-refractivity contribution in [3.8, 4) is 11.5 Å². The number of nitrogens with zero attached hydrogens (tertiary/aromatic N) is 1. The summed E-state index contributed by atoms with van der Waals surface area (Å²) in [7, 11) is 3.25. The van der Waals surface area contributed by atoms with Gasteiger partial charge in [0.2, 0.25) is 0 Å². The van der Waals surface area contributed by atoms with Crippen molar-refractivity contribution in [3.63, 3.8) is 0 Å². The van der Waals surface area contributed by atoms with Gasteiger partial charge >= 0.3 is 0 Å². The van der Waals surface area contributed by atoms with Crippen LogP contribution in [0.5, 0.6) is 11.5 Å². The Morgan fingerprint density at radius 1 is 1.11 bits per heavy atom. The fourth-order valence-electron chi connectivity index (χ4n) is 3.09. The molecule has 0 spiro atoms. The lowest BCUT2D eigenvalue weighted by atomic mass is 9.93. The Kier molecular flexibility index (Phi) is 8.62. The molecule has 0 aliphatic rings. The van der Waals surface area contributed by atoms with Crippen LogP contribution in [0, 0.1) is 0 Å². The average molecular weight is 386 g/mol. The fourth-order valence-corrected chi connectivity index (χ4v) is 3.09. The van der Waals surface area contributed by atoms with E-state index < -0.39 is 0 Å². The van der Waals surface area contributed by atoms with Crippen molar-refractivity contribution in [1.82, 2.24) is 5.32 Å². The zero-order valence-corrected chi connectivity index (χ0v) is 16.9. The molecule has 6 nitrogen and oxygen atoms in total. The predicted octanol–water partition coefficient (Wildman–Crippen LogP) is 2.71. The van der Waals surface area contributed by atoms with Crippen LogP contribution in [0.4, 0.5) is 0 Å². The van der Waals surface area contributed by atoms with Gasteiger partial charge in [0.15, 0.2) is 17.5 Å². The largest absolute Gasteiger partial charge is 0.493 e. The van der Waals surface area contributed by atoms with Crippen LogP contribution in [-0.4, -0.2) is 44.5 Å². The van der Waals surface area contributed by atoms with E-state index in [1.54, 1.807) is 21.1 Å². The second-order valence-electron chi connectivity index (χ2n) is 6.78. The van der Waals surface area contributed by atoms with Crippen LogP contribution in [0.2, 0.25) is 0 Å². The topological polar surface area (TPSA) is 89.1 Å². The molecule has 0 fully saturated rings. The van der Waals surface area contributed by atoms with Crippen LogP contribution in [0.15, 0.2) is 53.5 Å². The smallest absolute Gasteiger partial charge is 0.188 e. The number of methoxy groups -OCH3 is 2. The highest BCUT2D eigenvalue weighted by molar-refractivity contribution is 5.77. The molecule has 0 bridgehead atoms. The summed E-state index contributed by atoms with van der Waals surface area (Å²) < 4.78 is 10.6. The number of hydrogen-bond donors (Lipinski definition) is 3. The molecular weight excluding hydrogens is 354 g/mol. The maximum atomic E-state index is 9.78. The third-order valence-corrected chi connectivity index (χ3v) is 4.55. The van der Waals surface area contributed by atoms with Crippen molar-refractivity contribution in [2.75, 3.05) is 27.3 Å². The Morgan fingerprint density at radius 2 is 1.82 bits per heavy atom. The molecule has 2 aromatic carbocycles. The van der Waals surface area contributed by atoms with E-state index in [0.717, 1.165) is 17.5 Å². The number of ether oxygens (including phenoxy) is 2. The monoisotopic (exact) mass is 385 g/mol. The minimum atomic E-state index is -0.389. The molecule has 28 heavy (non-hydrogen) atoms. The maximum absolute atomic E-state index is 9.78. The van der Waals surface area contributed by atoms with E-state index in [1.165, 1.54) is 0 Å². The first-order chi connectivity index (χ1) is 13.5. The lowest BCUT2D eigenvalue weighted by Gasteiger charge is -2.17. The molecule has 0 aliphatic heterocycles. The number of nitrogens with two attached hydrogens (primary N) is 1. The molecule has 2 aromatic rings. The third-order valence-electron chi connectivity index (χ3n) is 4.55. The first kappa shape index (κ1) is 21.6. The minimum absolute atomic E-state index is 0.132. The highest BCUT2D eigenvalue weighted by Gasteiger charge is 2.14. The number of rotatable bonds is 10. The van der Waals surface area contributed by atoms with Gasteiger partial charge in [-0.25, -0.2) is 0 Å². The Hall–Kier alpha value is -2.73. The summed E-state index contributed by atoms with van der Waals surface area (Å²) in [5, 5.41) is 12.9. The Balaban J connectivity index is 1.89. The zero-order chi connectivity index (χ0) is 20.4. The lowest BCUT2D eigenvalue weighted by molar-refractivity contribution is 0.175. The van der Waals surface area contributed by atoms with Crippen LogP contribution in [0.3, 0.4) is 0 Å². The van der Waals surface area contributed by atoms with Gasteiger partial charge in [-0.15, -0.1) is 0 Å². The van der Waals surface area contributed by atoms with Gasteiger partial charge in [-0.3, -0.25) is 4.99 Å². The lowest BCUT2D eigenvalue weighted by Crippen LogP contribution is -2.33. The number of guanidine groups is 1. The summed E-state index contributed by atoms with van der Waals surface area (Å²) >= 11 is 0. The van der Waals surface area contributed by atoms with Gasteiger partial charge in [-0.2, -0.15) is 0 Å².